The lowest BCUT2D eigenvalue weighted by Crippen LogP contribution is -1.97. The Kier molecular flexibility index (Phi) is 2.03. The van der Waals surface area contributed by atoms with Crippen LogP contribution in [0.5, 0.6) is 0 Å². The largest absolute Gasteiger partial charge is 0.139 e. The average molecular weight is 238 g/mol. The Morgan fingerprint density at radius 3 is 2.71 bits per heavy atom. The van der Waals surface area contributed by atoms with Crippen LogP contribution in [0.3, 0.4) is 0 Å². The smallest absolute Gasteiger partial charge is 0.0426 e. The summed E-state index contributed by atoms with van der Waals surface area (Å²) >= 11 is 2.03. The summed E-state index contributed by atoms with van der Waals surface area (Å²) in [5.41, 5.74) is 1.64. The van der Waals surface area contributed by atoms with E-state index in [1.54, 1.807) is 10.4 Å². The molecule has 0 saturated carbocycles. The number of hydrogen-bond acceptors (Lipinski definition) is 1. The summed E-state index contributed by atoms with van der Waals surface area (Å²) in [5, 5.41) is 4.33. The zero-order valence-corrected chi connectivity index (χ0v) is 10.5. The normalized spacial score (nSPS) is 15.3. The van der Waals surface area contributed by atoms with Gasteiger partial charge < -0.3 is 0 Å². The fraction of sp³-hybridized carbons (Fsp3) is 0.250. The Bertz CT molecular complexity index is 706. The second kappa shape index (κ2) is 3.58. The Balaban J connectivity index is 2.16. The van der Waals surface area contributed by atoms with Gasteiger partial charge in [-0.15, -0.1) is 11.3 Å². The van der Waals surface area contributed by atoms with Gasteiger partial charge >= 0.3 is 0 Å². The molecule has 0 N–H and O–H groups in total. The van der Waals surface area contributed by atoms with Crippen LogP contribution < -0.4 is 0 Å². The van der Waals surface area contributed by atoms with E-state index in [2.05, 4.69) is 36.4 Å². The maximum Gasteiger partial charge on any atom is 0.0426 e. The number of rotatable bonds is 0. The Morgan fingerprint density at radius 1 is 0.824 bits per heavy atom. The number of fused-ring (bicyclic) bond motifs is 5. The fourth-order valence-electron chi connectivity index (χ4n) is 2.99. The molecule has 1 aliphatic rings. The molecule has 0 nitrogen and oxygen atoms in total. The lowest BCUT2D eigenvalue weighted by atomic mass is 9.95. The van der Waals surface area contributed by atoms with Crippen LogP contribution in [0.2, 0.25) is 0 Å². The molecular weight excluding hydrogens is 224 g/mol. The van der Waals surface area contributed by atoms with E-state index in [9.17, 15) is 0 Å². The zero-order valence-electron chi connectivity index (χ0n) is 9.70. The first-order chi connectivity index (χ1) is 8.43. The van der Waals surface area contributed by atoms with Crippen LogP contribution in [-0.4, -0.2) is 0 Å². The number of hydrogen-bond donors (Lipinski definition) is 0. The lowest BCUT2D eigenvalue weighted by molar-refractivity contribution is 0.700. The van der Waals surface area contributed by atoms with E-state index in [1.165, 1.54) is 46.5 Å². The molecule has 0 amide bonds. The highest BCUT2D eigenvalue weighted by Crippen LogP contribution is 2.39. The molecule has 0 fully saturated rings. The van der Waals surface area contributed by atoms with Gasteiger partial charge in [0.25, 0.3) is 0 Å². The molecule has 1 aliphatic carbocycles. The summed E-state index contributed by atoms with van der Waals surface area (Å²) in [6.07, 6.45) is 5.32. The number of aryl methyl sites for hydroxylation is 2. The van der Waals surface area contributed by atoms with Crippen LogP contribution in [0.15, 0.2) is 36.4 Å². The molecule has 2 aromatic carbocycles. The quantitative estimate of drug-likeness (QED) is 0.520. The SMILES string of the molecule is c1ccc2c(c1)ccc1c3c(sc12)CCCC3. The second-order valence-corrected chi connectivity index (χ2v) is 5.98. The van der Waals surface area contributed by atoms with Gasteiger partial charge in [0.15, 0.2) is 0 Å². The van der Waals surface area contributed by atoms with Crippen LogP contribution in [-0.2, 0) is 12.8 Å². The van der Waals surface area contributed by atoms with E-state index in [-0.39, 0.29) is 0 Å². The predicted octanol–water partition coefficient (Wildman–Crippen LogP) is 4.93. The fourth-order valence-corrected chi connectivity index (χ4v) is 4.41. The van der Waals surface area contributed by atoms with E-state index in [0.717, 1.165) is 0 Å². The molecule has 1 aromatic heterocycles. The number of thiophene rings is 1. The third kappa shape index (κ3) is 1.35. The minimum atomic E-state index is 1.29. The molecule has 17 heavy (non-hydrogen) atoms. The predicted molar refractivity (Wildman–Crippen MR) is 76.0 cm³/mol. The van der Waals surface area contributed by atoms with Crippen LogP contribution in [0.1, 0.15) is 23.3 Å². The molecule has 4 rings (SSSR count). The monoisotopic (exact) mass is 238 g/mol. The van der Waals surface area contributed by atoms with Gasteiger partial charge in [0.1, 0.15) is 0 Å². The summed E-state index contributed by atoms with van der Waals surface area (Å²) in [6, 6.07) is 13.4. The second-order valence-electron chi connectivity index (χ2n) is 4.87. The van der Waals surface area contributed by atoms with Crippen LogP contribution in [0.25, 0.3) is 20.9 Å². The van der Waals surface area contributed by atoms with Crippen LogP contribution >= 0.6 is 11.3 Å². The molecule has 0 radical (unpaired) electrons. The number of benzene rings is 2. The van der Waals surface area contributed by atoms with Gasteiger partial charge in [0.05, 0.1) is 0 Å². The standard InChI is InChI=1S/C16H14S/c1-2-6-12-11(5-1)9-10-14-13-7-3-4-8-15(13)17-16(12)14/h1-2,5-6,9-10H,3-4,7-8H2. The van der Waals surface area contributed by atoms with E-state index < -0.39 is 0 Å². The van der Waals surface area contributed by atoms with Crippen LogP contribution in [0, 0.1) is 0 Å². The topological polar surface area (TPSA) is 0 Å². The van der Waals surface area contributed by atoms with Crippen LogP contribution in [0.4, 0.5) is 0 Å². The van der Waals surface area contributed by atoms with Crippen molar-refractivity contribution in [3.63, 3.8) is 0 Å². The first-order valence-electron chi connectivity index (χ1n) is 6.35. The summed E-state index contributed by atoms with van der Waals surface area (Å²) in [5.74, 6) is 0. The Morgan fingerprint density at radius 2 is 1.71 bits per heavy atom. The average Bonchev–Trinajstić information content (AvgIpc) is 2.78. The van der Waals surface area contributed by atoms with Crippen molar-refractivity contribution < 1.29 is 0 Å². The van der Waals surface area contributed by atoms with Crippen molar-refractivity contribution in [2.75, 3.05) is 0 Å². The van der Waals surface area contributed by atoms with Crippen molar-refractivity contribution in [2.24, 2.45) is 0 Å². The highest BCUT2D eigenvalue weighted by Gasteiger charge is 2.16. The van der Waals surface area contributed by atoms with E-state index in [4.69, 9.17) is 0 Å². The van der Waals surface area contributed by atoms with Gasteiger partial charge in [-0.2, -0.15) is 0 Å². The van der Waals surface area contributed by atoms with Crippen molar-refractivity contribution in [2.45, 2.75) is 25.7 Å². The van der Waals surface area contributed by atoms with E-state index >= 15 is 0 Å². The van der Waals surface area contributed by atoms with Gasteiger partial charge in [-0.3, -0.25) is 0 Å². The molecule has 0 spiro atoms. The summed E-state index contributed by atoms with van der Waals surface area (Å²) in [7, 11) is 0. The van der Waals surface area contributed by atoms with Crippen molar-refractivity contribution in [1.82, 2.24) is 0 Å². The highest BCUT2D eigenvalue weighted by atomic mass is 32.1. The molecule has 0 saturated heterocycles. The third-order valence-electron chi connectivity index (χ3n) is 3.85. The molecule has 0 atom stereocenters. The van der Waals surface area contributed by atoms with Gasteiger partial charge in [-0.05, 0) is 47.4 Å². The van der Waals surface area contributed by atoms with Gasteiger partial charge in [-0.25, -0.2) is 0 Å². The lowest BCUT2D eigenvalue weighted by Gasteiger charge is -2.10. The summed E-state index contributed by atoms with van der Waals surface area (Å²) in [4.78, 5) is 1.64. The van der Waals surface area contributed by atoms with Crippen molar-refractivity contribution >= 4 is 32.2 Å². The zero-order chi connectivity index (χ0) is 11.2. The van der Waals surface area contributed by atoms with Gasteiger partial charge in [0.2, 0.25) is 0 Å². The minimum Gasteiger partial charge on any atom is -0.139 e. The van der Waals surface area contributed by atoms with Crippen molar-refractivity contribution in [1.29, 1.82) is 0 Å². The minimum absolute atomic E-state index is 1.29. The molecule has 1 heterocycles. The molecule has 3 aromatic rings. The molecule has 84 valence electrons. The van der Waals surface area contributed by atoms with E-state index in [0.29, 0.717) is 0 Å². The molecule has 0 unspecified atom stereocenters. The molecule has 1 heteroatoms. The van der Waals surface area contributed by atoms with Gasteiger partial charge in [-0.1, -0.05) is 36.4 Å². The van der Waals surface area contributed by atoms with Crippen molar-refractivity contribution in [3.8, 4) is 0 Å². The van der Waals surface area contributed by atoms with E-state index in [1.807, 2.05) is 11.3 Å². The third-order valence-corrected chi connectivity index (χ3v) is 5.19. The molecule has 0 bridgehead atoms. The molecule has 0 aliphatic heterocycles. The van der Waals surface area contributed by atoms with Crippen molar-refractivity contribution in [3.05, 3.63) is 46.8 Å². The first kappa shape index (κ1) is 9.67. The Hall–Kier alpha value is -1.34. The Labute approximate surface area is 105 Å². The summed E-state index contributed by atoms with van der Waals surface area (Å²) < 4.78 is 1.51. The summed E-state index contributed by atoms with van der Waals surface area (Å²) in [6.45, 7) is 0. The van der Waals surface area contributed by atoms with Gasteiger partial charge in [0, 0.05) is 9.58 Å². The maximum atomic E-state index is 2.33. The maximum absolute atomic E-state index is 2.33. The molecular formula is C16H14S. The first-order valence-corrected chi connectivity index (χ1v) is 7.17. The highest BCUT2D eigenvalue weighted by molar-refractivity contribution is 7.20.